The molecule has 0 aliphatic carbocycles. The molecule has 0 bridgehead atoms. The number of alkyl halides is 3. The fourth-order valence-corrected chi connectivity index (χ4v) is 2.73. The molecule has 3 aromatic carbocycles. The van der Waals surface area contributed by atoms with Crippen molar-refractivity contribution in [2.75, 3.05) is 0 Å². The van der Waals surface area contributed by atoms with Crippen LogP contribution in [-0.4, -0.2) is 10.5 Å². The van der Waals surface area contributed by atoms with Crippen LogP contribution in [0.15, 0.2) is 66.7 Å². The maximum atomic E-state index is 13.6. The van der Waals surface area contributed by atoms with Gasteiger partial charge >= 0.3 is 6.18 Å². The van der Waals surface area contributed by atoms with Crippen molar-refractivity contribution in [1.82, 2.24) is 0 Å². The number of benzene rings is 3. The fourth-order valence-electron chi connectivity index (χ4n) is 2.61. The molecule has 0 radical (unpaired) electrons. The van der Waals surface area contributed by atoms with Crippen molar-refractivity contribution in [1.29, 1.82) is 0 Å². The lowest BCUT2D eigenvalue weighted by Gasteiger charge is -2.09. The SMILES string of the molecule is C[C@H](S)Oc1ccc(C#Cc2ccc(C#Cc3ccc(O)cc3)cc2C(F)(F)F)cc1. The topological polar surface area (TPSA) is 29.5 Å². The van der Waals surface area contributed by atoms with Gasteiger partial charge in [-0.25, -0.2) is 0 Å². The second kappa shape index (κ2) is 9.55. The highest BCUT2D eigenvalue weighted by molar-refractivity contribution is 7.80. The predicted molar refractivity (Wildman–Crippen MR) is 117 cm³/mol. The fraction of sp³-hybridized carbons (Fsp3) is 0.120. The highest BCUT2D eigenvalue weighted by atomic mass is 32.1. The molecule has 6 heteroatoms. The summed E-state index contributed by atoms with van der Waals surface area (Å²) in [4.78, 5) is 0. The minimum atomic E-state index is -4.57. The maximum absolute atomic E-state index is 13.6. The van der Waals surface area contributed by atoms with Gasteiger partial charge in [0.15, 0.2) is 0 Å². The van der Waals surface area contributed by atoms with E-state index in [1.54, 1.807) is 43.3 Å². The number of thiol groups is 1. The lowest BCUT2D eigenvalue weighted by molar-refractivity contribution is -0.137. The van der Waals surface area contributed by atoms with E-state index >= 15 is 0 Å². The molecule has 31 heavy (non-hydrogen) atoms. The van der Waals surface area contributed by atoms with Crippen LogP contribution in [0.2, 0.25) is 0 Å². The summed E-state index contributed by atoms with van der Waals surface area (Å²) in [6.07, 6.45) is -4.57. The summed E-state index contributed by atoms with van der Waals surface area (Å²) >= 11 is 4.13. The zero-order valence-electron chi connectivity index (χ0n) is 16.4. The van der Waals surface area contributed by atoms with E-state index in [-0.39, 0.29) is 22.3 Å². The maximum Gasteiger partial charge on any atom is 0.417 e. The Hall–Kier alpha value is -3.48. The zero-order chi connectivity index (χ0) is 22.4. The van der Waals surface area contributed by atoms with Crippen LogP contribution in [0.1, 0.15) is 34.7 Å². The lowest BCUT2D eigenvalue weighted by atomic mass is 10.0. The number of phenolic OH excluding ortho intramolecular Hbond substituents is 1. The van der Waals surface area contributed by atoms with Crippen LogP contribution >= 0.6 is 12.6 Å². The van der Waals surface area contributed by atoms with Gasteiger partial charge in [0.2, 0.25) is 0 Å². The molecule has 0 amide bonds. The van der Waals surface area contributed by atoms with Crippen molar-refractivity contribution in [2.24, 2.45) is 0 Å². The van der Waals surface area contributed by atoms with Gasteiger partial charge in [-0.3, -0.25) is 0 Å². The van der Waals surface area contributed by atoms with Crippen molar-refractivity contribution in [3.05, 3.63) is 94.5 Å². The number of phenols is 1. The Labute approximate surface area is 184 Å². The monoisotopic (exact) mass is 438 g/mol. The molecule has 0 saturated carbocycles. The van der Waals surface area contributed by atoms with Gasteiger partial charge in [0.05, 0.1) is 5.56 Å². The molecule has 0 aliphatic rings. The molecule has 156 valence electrons. The summed E-state index contributed by atoms with van der Waals surface area (Å²) in [5.74, 6) is 11.5. The molecule has 0 spiro atoms. The van der Waals surface area contributed by atoms with Crippen LogP contribution < -0.4 is 4.74 Å². The van der Waals surface area contributed by atoms with Gasteiger partial charge in [-0.05, 0) is 73.7 Å². The summed E-state index contributed by atoms with van der Waals surface area (Å²) in [5, 5.41) is 9.28. The van der Waals surface area contributed by atoms with E-state index in [0.717, 1.165) is 6.07 Å². The molecular weight excluding hydrogens is 421 g/mol. The molecule has 0 saturated heterocycles. The van der Waals surface area contributed by atoms with Crippen LogP contribution in [0.25, 0.3) is 0 Å². The Morgan fingerprint density at radius 1 is 0.806 bits per heavy atom. The first-order valence-corrected chi connectivity index (χ1v) is 9.71. The minimum Gasteiger partial charge on any atom is -0.508 e. The second-order valence-corrected chi connectivity index (χ2v) is 7.27. The lowest BCUT2D eigenvalue weighted by Crippen LogP contribution is -2.08. The van der Waals surface area contributed by atoms with Crippen LogP contribution in [0, 0.1) is 23.7 Å². The molecule has 0 aromatic heterocycles. The molecule has 3 aromatic rings. The van der Waals surface area contributed by atoms with Gasteiger partial charge in [-0.2, -0.15) is 13.2 Å². The summed E-state index contributed by atoms with van der Waals surface area (Å²) in [6, 6.07) is 16.6. The Bertz CT molecular complexity index is 1170. The first-order valence-electron chi connectivity index (χ1n) is 9.20. The molecular formula is C25H17F3O2S. The van der Waals surface area contributed by atoms with E-state index in [2.05, 4.69) is 36.3 Å². The van der Waals surface area contributed by atoms with Crippen LogP contribution in [0.4, 0.5) is 13.2 Å². The average Bonchev–Trinajstić information content (AvgIpc) is 2.72. The summed E-state index contributed by atoms with van der Waals surface area (Å²) in [5.41, 5.74) is 0.0991. The quantitative estimate of drug-likeness (QED) is 0.298. The summed E-state index contributed by atoms with van der Waals surface area (Å²) in [6.45, 7) is 1.77. The van der Waals surface area contributed by atoms with Crippen LogP contribution in [0.3, 0.4) is 0 Å². The number of aromatic hydroxyl groups is 1. The highest BCUT2D eigenvalue weighted by Crippen LogP contribution is 2.32. The van der Waals surface area contributed by atoms with E-state index in [4.69, 9.17) is 4.74 Å². The molecule has 0 fully saturated rings. The molecule has 1 atom stereocenters. The number of rotatable bonds is 2. The van der Waals surface area contributed by atoms with Gasteiger partial charge in [0, 0.05) is 22.3 Å². The van der Waals surface area contributed by atoms with E-state index < -0.39 is 11.7 Å². The predicted octanol–water partition coefficient (Wildman–Crippen LogP) is 5.87. The van der Waals surface area contributed by atoms with Crippen molar-refractivity contribution < 1.29 is 23.0 Å². The number of hydrogen-bond donors (Lipinski definition) is 2. The Balaban J connectivity index is 1.88. The van der Waals surface area contributed by atoms with Crippen LogP contribution in [0.5, 0.6) is 11.5 Å². The van der Waals surface area contributed by atoms with Crippen molar-refractivity contribution in [2.45, 2.75) is 18.5 Å². The van der Waals surface area contributed by atoms with E-state index in [9.17, 15) is 18.3 Å². The van der Waals surface area contributed by atoms with Gasteiger partial charge in [0.25, 0.3) is 0 Å². The first kappa shape index (κ1) is 22.2. The van der Waals surface area contributed by atoms with Crippen LogP contribution in [-0.2, 0) is 6.18 Å². The third-order valence-corrected chi connectivity index (χ3v) is 4.15. The van der Waals surface area contributed by atoms with E-state index in [1.165, 1.54) is 24.3 Å². The third kappa shape index (κ3) is 6.50. The van der Waals surface area contributed by atoms with Crippen molar-refractivity contribution in [3.63, 3.8) is 0 Å². The standard InChI is InChI=1S/C25H17F3O2S/c1-17(31)30-23-14-8-19(9-15-23)4-10-21-11-5-20(16-24(21)25(26,27)28)3-2-18-6-12-22(29)13-7-18/h5-9,11-17,29,31H,1H3/t17-/m0/s1. The Morgan fingerprint density at radius 3 is 1.90 bits per heavy atom. The Morgan fingerprint density at radius 2 is 1.32 bits per heavy atom. The van der Waals surface area contributed by atoms with Gasteiger partial charge in [-0.1, -0.05) is 23.7 Å². The third-order valence-electron chi connectivity index (χ3n) is 4.05. The Kier molecular flexibility index (Phi) is 6.84. The highest BCUT2D eigenvalue weighted by Gasteiger charge is 2.33. The molecule has 0 heterocycles. The molecule has 0 unspecified atom stereocenters. The van der Waals surface area contributed by atoms with Gasteiger partial charge in [-0.15, -0.1) is 12.6 Å². The average molecular weight is 438 g/mol. The van der Waals surface area contributed by atoms with Gasteiger partial charge < -0.3 is 9.84 Å². The van der Waals surface area contributed by atoms with Crippen molar-refractivity contribution >= 4 is 12.6 Å². The zero-order valence-corrected chi connectivity index (χ0v) is 17.3. The number of hydrogen-bond acceptors (Lipinski definition) is 3. The van der Waals surface area contributed by atoms with Gasteiger partial charge in [0.1, 0.15) is 16.9 Å². The summed E-state index contributed by atoms with van der Waals surface area (Å²) in [7, 11) is 0. The van der Waals surface area contributed by atoms with E-state index in [1.807, 2.05) is 0 Å². The van der Waals surface area contributed by atoms with Crippen molar-refractivity contribution in [3.8, 4) is 35.2 Å². The molecule has 1 N–H and O–H groups in total. The molecule has 3 rings (SSSR count). The first-order chi connectivity index (χ1) is 14.7. The minimum absolute atomic E-state index is 0.0891. The molecule has 0 aliphatic heterocycles. The summed E-state index contributed by atoms with van der Waals surface area (Å²) < 4.78 is 46.1. The largest absolute Gasteiger partial charge is 0.508 e. The number of halogens is 3. The normalized spacial score (nSPS) is 11.5. The smallest absolute Gasteiger partial charge is 0.417 e. The number of ether oxygens (including phenoxy) is 1. The van der Waals surface area contributed by atoms with E-state index in [0.29, 0.717) is 16.9 Å². The second-order valence-electron chi connectivity index (χ2n) is 6.55. The molecule has 2 nitrogen and oxygen atoms in total.